The van der Waals surface area contributed by atoms with Crippen LogP contribution in [0.15, 0.2) is 36.4 Å². The van der Waals surface area contributed by atoms with Crippen LogP contribution in [0.2, 0.25) is 0 Å². The number of carbonyl (C=O) groups excluding carboxylic acids is 1. The highest BCUT2D eigenvalue weighted by molar-refractivity contribution is 6.19. The minimum absolute atomic E-state index is 0.318. The van der Waals surface area contributed by atoms with Crippen LogP contribution in [0.1, 0.15) is 20.8 Å². The van der Waals surface area contributed by atoms with Crippen molar-refractivity contribution >= 4 is 17.2 Å². The Morgan fingerprint density at radius 3 is 1.82 bits per heavy atom. The van der Waals surface area contributed by atoms with Crippen LogP contribution in [0, 0.1) is 0 Å². The topological polar surface area (TPSA) is 26.3 Å². The van der Waals surface area contributed by atoms with Crippen LogP contribution in [-0.4, -0.2) is 12.1 Å². The molecule has 0 amide bonds. The minimum atomic E-state index is -0.318. The fourth-order valence-corrected chi connectivity index (χ4v) is 1.74. The van der Waals surface area contributed by atoms with Gasteiger partial charge in [-0.05, 0) is 42.7 Å². The molecular formula is C15H16O2. The van der Waals surface area contributed by atoms with Crippen molar-refractivity contribution in [3.05, 3.63) is 36.4 Å². The maximum Gasteiger partial charge on any atom is 0.293 e. The maximum atomic E-state index is 9.60. The first-order chi connectivity index (χ1) is 8.03. The van der Waals surface area contributed by atoms with Gasteiger partial charge < -0.3 is 4.74 Å². The first kappa shape index (κ1) is 11.6. The molecule has 0 aromatic heterocycles. The molecule has 88 valence electrons. The van der Waals surface area contributed by atoms with E-state index in [4.69, 9.17) is 0 Å². The summed E-state index contributed by atoms with van der Waals surface area (Å²) >= 11 is 0. The Labute approximate surface area is 101 Å². The fraction of sp³-hybridized carbons (Fsp3) is 0.267. The van der Waals surface area contributed by atoms with Crippen molar-refractivity contribution in [3.63, 3.8) is 0 Å². The van der Waals surface area contributed by atoms with Crippen molar-refractivity contribution in [1.82, 2.24) is 0 Å². The molecule has 1 aliphatic carbocycles. The zero-order valence-corrected chi connectivity index (χ0v) is 10.4. The first-order valence-corrected chi connectivity index (χ1v) is 5.66. The summed E-state index contributed by atoms with van der Waals surface area (Å²) in [5, 5.41) is 2.86. The molecule has 0 bridgehead atoms. The van der Waals surface area contributed by atoms with Gasteiger partial charge in [0.05, 0.1) is 0 Å². The number of carbonyl (C=O) groups is 1. The lowest BCUT2D eigenvalue weighted by Crippen LogP contribution is -2.17. The Hall–Kier alpha value is -1.83. The normalized spacial score (nSPS) is 11.5. The highest BCUT2D eigenvalue weighted by atomic mass is 16.5. The zero-order valence-electron chi connectivity index (χ0n) is 10.4. The molecule has 2 nitrogen and oxygen atoms in total. The van der Waals surface area contributed by atoms with Crippen molar-refractivity contribution in [3.8, 4) is 11.1 Å². The van der Waals surface area contributed by atoms with E-state index in [0.717, 1.165) is 0 Å². The van der Waals surface area contributed by atoms with Crippen molar-refractivity contribution in [2.75, 3.05) is 0 Å². The molecule has 2 aromatic rings. The average molecular weight is 228 g/mol. The van der Waals surface area contributed by atoms with Crippen LogP contribution in [0.3, 0.4) is 0 Å². The summed E-state index contributed by atoms with van der Waals surface area (Å²) in [6.07, 6.45) is 0. The van der Waals surface area contributed by atoms with Crippen molar-refractivity contribution in [2.24, 2.45) is 0 Å². The van der Waals surface area contributed by atoms with E-state index in [0.29, 0.717) is 6.47 Å². The molecule has 0 spiro atoms. The molecule has 0 saturated heterocycles. The van der Waals surface area contributed by atoms with E-state index in [2.05, 4.69) is 41.1 Å². The van der Waals surface area contributed by atoms with Gasteiger partial charge in [0.15, 0.2) is 0 Å². The van der Waals surface area contributed by atoms with Gasteiger partial charge in [0, 0.05) is 0 Å². The molecule has 1 aliphatic rings. The SMILES string of the molecule is CC(C)(C)OC=O.c1cc2c3c-2cccc3c1. The lowest BCUT2D eigenvalue weighted by molar-refractivity contribution is -0.138. The highest BCUT2D eigenvalue weighted by Gasteiger charge is 2.18. The van der Waals surface area contributed by atoms with Gasteiger partial charge >= 0.3 is 0 Å². The molecule has 17 heavy (non-hydrogen) atoms. The third-order valence-corrected chi connectivity index (χ3v) is 2.53. The largest absolute Gasteiger partial charge is 0.462 e. The number of hydrogen-bond acceptors (Lipinski definition) is 2. The predicted molar refractivity (Wildman–Crippen MR) is 69.8 cm³/mol. The van der Waals surface area contributed by atoms with E-state index in [-0.39, 0.29) is 5.60 Å². The number of rotatable bonds is 1. The van der Waals surface area contributed by atoms with Crippen LogP contribution in [0.5, 0.6) is 0 Å². The first-order valence-electron chi connectivity index (χ1n) is 5.66. The number of ether oxygens (including phenoxy) is 1. The van der Waals surface area contributed by atoms with Crippen molar-refractivity contribution in [2.45, 2.75) is 26.4 Å². The predicted octanol–water partition coefficient (Wildman–Crippen LogP) is 3.78. The van der Waals surface area contributed by atoms with Crippen LogP contribution in [-0.2, 0) is 9.53 Å². The van der Waals surface area contributed by atoms with E-state index in [1.165, 1.54) is 21.9 Å². The molecule has 0 fully saturated rings. The Bertz CT molecular complexity index is 514. The molecular weight excluding hydrogens is 212 g/mol. The quantitative estimate of drug-likeness (QED) is 0.592. The lowest BCUT2D eigenvalue weighted by Gasteiger charge is -2.14. The number of hydrogen-bond donors (Lipinski definition) is 0. The molecule has 2 heteroatoms. The second-order valence-electron chi connectivity index (χ2n) is 5.04. The Kier molecular flexibility index (Phi) is 2.88. The highest BCUT2D eigenvalue weighted by Crippen LogP contribution is 2.46. The van der Waals surface area contributed by atoms with Crippen molar-refractivity contribution < 1.29 is 9.53 Å². The summed E-state index contributed by atoms with van der Waals surface area (Å²) in [7, 11) is 0. The van der Waals surface area contributed by atoms with Gasteiger partial charge in [-0.1, -0.05) is 36.4 Å². The van der Waals surface area contributed by atoms with Crippen LogP contribution in [0.25, 0.3) is 21.9 Å². The van der Waals surface area contributed by atoms with Gasteiger partial charge in [0.1, 0.15) is 5.60 Å². The molecule has 0 N–H and O–H groups in total. The molecule has 0 heterocycles. The summed E-state index contributed by atoms with van der Waals surface area (Å²) in [6, 6.07) is 12.9. The molecule has 2 aromatic carbocycles. The second-order valence-corrected chi connectivity index (χ2v) is 5.04. The smallest absolute Gasteiger partial charge is 0.293 e. The minimum Gasteiger partial charge on any atom is -0.462 e. The van der Waals surface area contributed by atoms with Crippen LogP contribution >= 0.6 is 0 Å². The van der Waals surface area contributed by atoms with Gasteiger partial charge in [-0.2, -0.15) is 0 Å². The van der Waals surface area contributed by atoms with E-state index in [1.807, 2.05) is 20.8 Å². The monoisotopic (exact) mass is 228 g/mol. The zero-order chi connectivity index (χ0) is 12.5. The molecule has 0 saturated carbocycles. The summed E-state index contributed by atoms with van der Waals surface area (Å²) in [6.45, 7) is 5.92. The summed E-state index contributed by atoms with van der Waals surface area (Å²) < 4.78 is 4.55. The molecule has 0 radical (unpaired) electrons. The standard InChI is InChI=1S/C10H6.C5H10O2/c1-3-7-4-2-6-9-8(5-1)10(7)9;1-5(2,3)7-4-6/h1-6H;4H,1-3H3. The number of benzene rings is 2. The third-order valence-electron chi connectivity index (χ3n) is 2.53. The summed E-state index contributed by atoms with van der Waals surface area (Å²) in [5.74, 6) is 0. The second kappa shape index (κ2) is 4.21. The maximum absolute atomic E-state index is 9.60. The van der Waals surface area contributed by atoms with Gasteiger partial charge in [-0.3, -0.25) is 4.79 Å². The van der Waals surface area contributed by atoms with E-state index < -0.39 is 0 Å². The van der Waals surface area contributed by atoms with Crippen LogP contribution < -0.4 is 0 Å². The Balaban J connectivity index is 0.000000139. The van der Waals surface area contributed by atoms with Gasteiger partial charge in [-0.25, -0.2) is 0 Å². The third kappa shape index (κ3) is 2.64. The molecule has 0 unspecified atom stereocenters. The van der Waals surface area contributed by atoms with E-state index in [1.54, 1.807) is 0 Å². The van der Waals surface area contributed by atoms with Crippen molar-refractivity contribution in [1.29, 1.82) is 0 Å². The van der Waals surface area contributed by atoms with Gasteiger partial charge in [0.25, 0.3) is 6.47 Å². The summed E-state index contributed by atoms with van der Waals surface area (Å²) in [4.78, 5) is 9.60. The van der Waals surface area contributed by atoms with Gasteiger partial charge in [-0.15, -0.1) is 0 Å². The van der Waals surface area contributed by atoms with Crippen LogP contribution in [0.4, 0.5) is 0 Å². The number of fused-ring (bicyclic) bond motifs is 1. The summed E-state index contributed by atoms with van der Waals surface area (Å²) in [5.41, 5.74) is 2.58. The van der Waals surface area contributed by atoms with E-state index in [9.17, 15) is 4.79 Å². The van der Waals surface area contributed by atoms with E-state index >= 15 is 0 Å². The fourth-order valence-electron chi connectivity index (χ4n) is 1.74. The van der Waals surface area contributed by atoms with Gasteiger partial charge in [0.2, 0.25) is 0 Å². The average Bonchev–Trinajstić information content (AvgIpc) is 2.95. The molecule has 3 rings (SSSR count). The Morgan fingerprint density at radius 2 is 1.53 bits per heavy atom. The Morgan fingerprint density at radius 1 is 1.00 bits per heavy atom. The lowest BCUT2D eigenvalue weighted by atomic mass is 10.2. The molecule has 0 atom stereocenters. The molecule has 0 aliphatic heterocycles.